The van der Waals surface area contributed by atoms with Crippen LogP contribution in [0, 0.1) is 5.92 Å². The Bertz CT molecular complexity index is 501. The van der Waals surface area contributed by atoms with Gasteiger partial charge >= 0.3 is 5.97 Å². The lowest BCUT2D eigenvalue weighted by Gasteiger charge is -2.25. The van der Waals surface area contributed by atoms with Crippen LogP contribution in [0.5, 0.6) is 0 Å². The van der Waals surface area contributed by atoms with Crippen LogP contribution in [0.4, 0.5) is 0 Å². The van der Waals surface area contributed by atoms with Crippen molar-refractivity contribution in [2.24, 2.45) is 5.92 Å². The van der Waals surface area contributed by atoms with Gasteiger partial charge < -0.3 is 9.64 Å². The Hall–Kier alpha value is -1.55. The van der Waals surface area contributed by atoms with Crippen molar-refractivity contribution in [1.82, 2.24) is 4.90 Å². The molecular formula is C18H26ClNO3. The number of unbranched alkanes of at least 4 members (excludes halogenated alkanes) is 3. The molecule has 1 aromatic rings. The SMILES string of the molecule is CCCCCCN(CC(C)C(=O)OC)C(=O)c1ccc(Cl)cc1. The Kier molecular flexibility index (Phi) is 8.70. The summed E-state index contributed by atoms with van der Waals surface area (Å²) in [5, 5.41) is 0.596. The Morgan fingerprint density at radius 1 is 1.17 bits per heavy atom. The van der Waals surface area contributed by atoms with E-state index in [0.29, 0.717) is 23.7 Å². The van der Waals surface area contributed by atoms with Gasteiger partial charge in [0.2, 0.25) is 0 Å². The first-order valence-electron chi connectivity index (χ1n) is 8.12. The monoisotopic (exact) mass is 339 g/mol. The molecule has 5 heteroatoms. The molecule has 0 aliphatic rings. The predicted octanol–water partition coefficient (Wildman–Crippen LogP) is 4.17. The summed E-state index contributed by atoms with van der Waals surface area (Å²) >= 11 is 5.87. The van der Waals surface area contributed by atoms with Crippen LogP contribution in [0.3, 0.4) is 0 Å². The van der Waals surface area contributed by atoms with Gasteiger partial charge in [0.25, 0.3) is 5.91 Å². The highest BCUT2D eigenvalue weighted by Crippen LogP contribution is 2.14. The molecule has 1 unspecified atom stereocenters. The van der Waals surface area contributed by atoms with Crippen LogP contribution in [0.1, 0.15) is 49.9 Å². The minimum atomic E-state index is -0.345. The molecule has 0 fully saturated rings. The first-order chi connectivity index (χ1) is 11.0. The van der Waals surface area contributed by atoms with Gasteiger partial charge in [-0.05, 0) is 30.7 Å². The standard InChI is InChI=1S/C18H26ClNO3/c1-4-5-6-7-12-20(13-14(2)18(22)23-3)17(21)15-8-10-16(19)11-9-15/h8-11,14H,4-7,12-13H2,1-3H3. The normalized spacial score (nSPS) is 11.8. The lowest BCUT2D eigenvalue weighted by atomic mass is 10.1. The van der Waals surface area contributed by atoms with Gasteiger partial charge in [-0.25, -0.2) is 0 Å². The largest absolute Gasteiger partial charge is 0.469 e. The third kappa shape index (κ3) is 6.61. The summed E-state index contributed by atoms with van der Waals surface area (Å²) < 4.78 is 4.76. The number of hydrogen-bond donors (Lipinski definition) is 0. The van der Waals surface area contributed by atoms with E-state index < -0.39 is 0 Å². The molecule has 0 aliphatic heterocycles. The molecule has 0 radical (unpaired) electrons. The fraction of sp³-hybridized carbons (Fsp3) is 0.556. The highest BCUT2D eigenvalue weighted by Gasteiger charge is 2.22. The maximum absolute atomic E-state index is 12.7. The average Bonchev–Trinajstić information content (AvgIpc) is 2.56. The number of nitrogens with zero attached hydrogens (tertiary/aromatic N) is 1. The maximum Gasteiger partial charge on any atom is 0.310 e. The summed E-state index contributed by atoms with van der Waals surface area (Å²) in [5.74, 6) is -0.719. The van der Waals surface area contributed by atoms with Gasteiger partial charge in [-0.15, -0.1) is 0 Å². The smallest absolute Gasteiger partial charge is 0.310 e. The first kappa shape index (κ1) is 19.5. The number of carbonyl (C=O) groups excluding carboxylic acids is 2. The van der Waals surface area contributed by atoms with Crippen molar-refractivity contribution in [2.45, 2.75) is 39.5 Å². The zero-order chi connectivity index (χ0) is 17.2. The molecule has 0 bridgehead atoms. The number of halogens is 1. The highest BCUT2D eigenvalue weighted by molar-refractivity contribution is 6.30. The lowest BCUT2D eigenvalue weighted by Crippen LogP contribution is -2.38. The van der Waals surface area contributed by atoms with E-state index in [2.05, 4.69) is 6.92 Å². The van der Waals surface area contributed by atoms with Crippen molar-refractivity contribution < 1.29 is 14.3 Å². The van der Waals surface area contributed by atoms with Gasteiger partial charge in [-0.3, -0.25) is 9.59 Å². The summed E-state index contributed by atoms with van der Waals surface area (Å²) in [7, 11) is 1.37. The second-order valence-corrected chi connectivity index (χ2v) is 6.18. The van der Waals surface area contributed by atoms with Crippen molar-refractivity contribution in [3.63, 3.8) is 0 Å². The van der Waals surface area contributed by atoms with E-state index in [-0.39, 0.29) is 17.8 Å². The number of hydrogen-bond acceptors (Lipinski definition) is 3. The van der Waals surface area contributed by atoms with E-state index in [9.17, 15) is 9.59 Å². The van der Waals surface area contributed by atoms with Crippen LogP contribution < -0.4 is 0 Å². The Morgan fingerprint density at radius 2 is 1.83 bits per heavy atom. The van der Waals surface area contributed by atoms with Gasteiger partial charge in [-0.1, -0.05) is 44.7 Å². The van der Waals surface area contributed by atoms with Gasteiger partial charge in [-0.2, -0.15) is 0 Å². The first-order valence-corrected chi connectivity index (χ1v) is 8.50. The van der Waals surface area contributed by atoms with Crippen molar-refractivity contribution in [3.05, 3.63) is 34.9 Å². The Labute approximate surface area is 143 Å². The molecule has 0 saturated carbocycles. The molecule has 128 valence electrons. The predicted molar refractivity (Wildman–Crippen MR) is 92.7 cm³/mol. The lowest BCUT2D eigenvalue weighted by molar-refractivity contribution is -0.145. The van der Waals surface area contributed by atoms with Crippen LogP contribution in [-0.4, -0.2) is 37.0 Å². The topological polar surface area (TPSA) is 46.6 Å². The third-order valence-corrected chi connectivity index (χ3v) is 4.01. The number of amides is 1. The van der Waals surface area contributed by atoms with Gasteiger partial charge in [0, 0.05) is 23.7 Å². The fourth-order valence-corrected chi connectivity index (χ4v) is 2.51. The molecular weight excluding hydrogens is 314 g/mol. The summed E-state index contributed by atoms with van der Waals surface area (Å²) in [6, 6.07) is 6.83. The minimum Gasteiger partial charge on any atom is -0.469 e. The highest BCUT2D eigenvalue weighted by atomic mass is 35.5. The molecule has 1 aromatic carbocycles. The summed E-state index contributed by atoms with van der Waals surface area (Å²) in [6.45, 7) is 4.93. The Balaban J connectivity index is 2.77. The third-order valence-electron chi connectivity index (χ3n) is 3.76. The summed E-state index contributed by atoms with van der Waals surface area (Å²) in [4.78, 5) is 26.1. The fourth-order valence-electron chi connectivity index (χ4n) is 2.39. The van der Waals surface area contributed by atoms with Crippen molar-refractivity contribution >= 4 is 23.5 Å². The van der Waals surface area contributed by atoms with Crippen molar-refractivity contribution in [3.8, 4) is 0 Å². The van der Waals surface area contributed by atoms with Crippen LogP contribution in [-0.2, 0) is 9.53 Å². The molecule has 4 nitrogen and oxygen atoms in total. The van der Waals surface area contributed by atoms with Crippen LogP contribution >= 0.6 is 11.6 Å². The number of rotatable bonds is 9. The zero-order valence-electron chi connectivity index (χ0n) is 14.2. The molecule has 0 aromatic heterocycles. The number of methoxy groups -OCH3 is 1. The van der Waals surface area contributed by atoms with Crippen molar-refractivity contribution in [1.29, 1.82) is 0 Å². The van der Waals surface area contributed by atoms with Crippen LogP contribution in [0.15, 0.2) is 24.3 Å². The quantitative estimate of drug-likeness (QED) is 0.501. The maximum atomic E-state index is 12.7. The molecule has 23 heavy (non-hydrogen) atoms. The van der Waals surface area contributed by atoms with Crippen LogP contribution in [0.2, 0.25) is 5.02 Å². The number of benzene rings is 1. The average molecular weight is 340 g/mol. The van der Waals surface area contributed by atoms with E-state index in [1.807, 2.05) is 0 Å². The molecule has 0 spiro atoms. The molecule has 0 N–H and O–H groups in total. The summed E-state index contributed by atoms with van der Waals surface area (Å²) in [6.07, 6.45) is 4.30. The molecule has 1 amide bonds. The number of ether oxygens (including phenoxy) is 1. The van der Waals surface area contributed by atoms with Crippen molar-refractivity contribution in [2.75, 3.05) is 20.2 Å². The molecule has 0 saturated heterocycles. The van der Waals surface area contributed by atoms with Gasteiger partial charge in [0.15, 0.2) is 0 Å². The van der Waals surface area contributed by atoms with E-state index in [0.717, 1.165) is 25.7 Å². The zero-order valence-corrected chi connectivity index (χ0v) is 14.9. The molecule has 0 aliphatic carbocycles. The van der Waals surface area contributed by atoms with E-state index in [1.54, 1.807) is 36.1 Å². The number of carbonyl (C=O) groups is 2. The molecule has 1 atom stereocenters. The second-order valence-electron chi connectivity index (χ2n) is 5.74. The van der Waals surface area contributed by atoms with Crippen LogP contribution in [0.25, 0.3) is 0 Å². The minimum absolute atomic E-state index is 0.0751. The number of esters is 1. The Morgan fingerprint density at radius 3 is 2.39 bits per heavy atom. The second kappa shape index (κ2) is 10.3. The van der Waals surface area contributed by atoms with Gasteiger partial charge in [0.1, 0.15) is 0 Å². The van der Waals surface area contributed by atoms with E-state index in [1.165, 1.54) is 7.11 Å². The molecule has 1 rings (SSSR count). The van der Waals surface area contributed by atoms with Gasteiger partial charge in [0.05, 0.1) is 13.0 Å². The molecule has 0 heterocycles. The van der Waals surface area contributed by atoms with E-state index in [4.69, 9.17) is 16.3 Å². The van der Waals surface area contributed by atoms with E-state index >= 15 is 0 Å². The summed E-state index contributed by atoms with van der Waals surface area (Å²) in [5.41, 5.74) is 0.585.